The number of benzene rings is 1. The van der Waals surface area contributed by atoms with Gasteiger partial charge in [0.15, 0.2) is 5.78 Å². The van der Waals surface area contributed by atoms with Crippen molar-refractivity contribution < 1.29 is 28.6 Å². The zero-order valence-electron chi connectivity index (χ0n) is 13.4. The van der Waals surface area contributed by atoms with Crippen molar-refractivity contribution in [2.45, 2.75) is 0 Å². The smallest absolute Gasteiger partial charge is 0.337 e. The van der Waals surface area contributed by atoms with Gasteiger partial charge in [0, 0.05) is 36.9 Å². The molecule has 0 atom stereocenters. The molecule has 2 N–H and O–H groups in total. The predicted molar refractivity (Wildman–Crippen MR) is 85.0 cm³/mol. The van der Waals surface area contributed by atoms with Gasteiger partial charge in [0.05, 0.1) is 6.54 Å². The molecular weight excluding hydrogens is 316 g/mol. The number of ether oxygens (including phenoxy) is 3. The number of Topliss-reactive ketones (excluding diaryl/α,β-unsaturated/α-hetero) is 1. The van der Waals surface area contributed by atoms with Gasteiger partial charge in [-0.3, -0.25) is 9.59 Å². The first-order valence-corrected chi connectivity index (χ1v) is 7.14. The number of amides is 1. The molecule has 2 rings (SSSR count). The van der Waals surface area contributed by atoms with Crippen molar-refractivity contribution in [1.29, 1.82) is 0 Å². The van der Waals surface area contributed by atoms with Gasteiger partial charge in [-0.15, -0.1) is 0 Å². The van der Waals surface area contributed by atoms with Gasteiger partial charge in [-0.1, -0.05) is 0 Å². The second kappa shape index (κ2) is 8.23. The predicted octanol–water partition coefficient (Wildman–Crippen LogP) is 0.665. The Labute approximate surface area is 138 Å². The van der Waals surface area contributed by atoms with Crippen molar-refractivity contribution in [3.05, 3.63) is 30.0 Å². The molecule has 0 aliphatic rings. The minimum Gasteiger partial charge on any atom is -0.425 e. The van der Waals surface area contributed by atoms with Gasteiger partial charge in [-0.05, 0) is 18.2 Å². The van der Waals surface area contributed by atoms with Crippen LogP contribution in [0.15, 0.2) is 24.4 Å². The number of H-pyrrole nitrogens is 1. The zero-order valence-corrected chi connectivity index (χ0v) is 13.4. The van der Waals surface area contributed by atoms with Gasteiger partial charge >= 0.3 is 5.97 Å². The lowest BCUT2D eigenvalue weighted by atomic mass is 10.1. The third-order valence-electron chi connectivity index (χ3n) is 3.17. The van der Waals surface area contributed by atoms with Crippen LogP contribution in [0.5, 0.6) is 5.75 Å². The second-order valence-electron chi connectivity index (χ2n) is 4.95. The van der Waals surface area contributed by atoms with Crippen LogP contribution in [0.3, 0.4) is 0 Å². The summed E-state index contributed by atoms with van der Waals surface area (Å²) in [6, 6.07) is 4.90. The van der Waals surface area contributed by atoms with E-state index in [0.717, 1.165) is 0 Å². The van der Waals surface area contributed by atoms with E-state index < -0.39 is 5.97 Å². The highest BCUT2D eigenvalue weighted by atomic mass is 16.6. The molecule has 1 aromatic carbocycles. The lowest BCUT2D eigenvalue weighted by molar-refractivity contribution is -0.138. The fourth-order valence-corrected chi connectivity index (χ4v) is 2.13. The minimum atomic E-state index is -0.535. The SMILES string of the molecule is COCC(=O)NCC(=O)c1c[nH]c2ccc(OC(=O)COC)cc12. The van der Waals surface area contributed by atoms with Crippen molar-refractivity contribution in [2.75, 3.05) is 34.0 Å². The first-order chi connectivity index (χ1) is 11.5. The van der Waals surface area contributed by atoms with Crippen LogP contribution in [0.25, 0.3) is 10.9 Å². The highest BCUT2D eigenvalue weighted by Crippen LogP contribution is 2.24. The second-order valence-corrected chi connectivity index (χ2v) is 4.95. The van der Waals surface area contributed by atoms with E-state index >= 15 is 0 Å². The van der Waals surface area contributed by atoms with Crippen molar-refractivity contribution in [3.63, 3.8) is 0 Å². The average Bonchev–Trinajstić information content (AvgIpc) is 2.96. The van der Waals surface area contributed by atoms with E-state index in [-0.39, 0.29) is 31.4 Å². The Hall–Kier alpha value is -2.71. The fraction of sp³-hybridized carbons (Fsp3) is 0.312. The number of esters is 1. The minimum absolute atomic E-state index is 0.110. The van der Waals surface area contributed by atoms with Gasteiger partial charge in [-0.25, -0.2) is 4.79 Å². The van der Waals surface area contributed by atoms with E-state index in [1.165, 1.54) is 14.2 Å². The number of ketones is 1. The molecule has 0 aliphatic heterocycles. The summed E-state index contributed by atoms with van der Waals surface area (Å²) in [5.41, 5.74) is 1.11. The number of aromatic nitrogens is 1. The molecule has 0 saturated carbocycles. The van der Waals surface area contributed by atoms with Crippen LogP contribution in [0.1, 0.15) is 10.4 Å². The molecule has 0 fully saturated rings. The number of hydrogen-bond donors (Lipinski definition) is 2. The number of aromatic amines is 1. The lowest BCUT2D eigenvalue weighted by Crippen LogP contribution is -2.32. The number of carbonyl (C=O) groups excluding carboxylic acids is 3. The normalized spacial score (nSPS) is 10.6. The molecule has 2 aromatic rings. The standard InChI is InChI=1S/C16H18N2O6/c1-22-8-15(20)18-7-14(19)12-6-17-13-4-3-10(5-11(12)13)24-16(21)9-23-2/h3-6,17H,7-9H2,1-2H3,(H,18,20). The third kappa shape index (κ3) is 4.40. The van der Waals surface area contributed by atoms with Crippen LogP contribution >= 0.6 is 0 Å². The topological polar surface area (TPSA) is 107 Å². The van der Waals surface area contributed by atoms with Crippen LogP contribution < -0.4 is 10.1 Å². The quantitative estimate of drug-likeness (QED) is 0.417. The van der Waals surface area contributed by atoms with E-state index in [1.807, 2.05) is 0 Å². The van der Waals surface area contributed by atoms with Crippen molar-refractivity contribution >= 4 is 28.6 Å². The van der Waals surface area contributed by atoms with Gasteiger partial charge in [0.1, 0.15) is 19.0 Å². The summed E-state index contributed by atoms with van der Waals surface area (Å²) in [5, 5.41) is 3.07. The Kier molecular flexibility index (Phi) is 6.05. The number of nitrogens with one attached hydrogen (secondary N) is 2. The molecule has 8 heteroatoms. The Morgan fingerprint density at radius 1 is 1.12 bits per heavy atom. The molecule has 1 aromatic heterocycles. The largest absolute Gasteiger partial charge is 0.425 e. The number of methoxy groups -OCH3 is 2. The molecule has 1 heterocycles. The summed E-state index contributed by atoms with van der Waals surface area (Å²) in [6.07, 6.45) is 1.55. The molecule has 128 valence electrons. The van der Waals surface area contributed by atoms with E-state index in [1.54, 1.807) is 24.4 Å². The first kappa shape index (κ1) is 17.6. The van der Waals surface area contributed by atoms with Crippen LogP contribution in [-0.4, -0.2) is 56.6 Å². The Morgan fingerprint density at radius 2 is 1.88 bits per heavy atom. The molecule has 0 bridgehead atoms. The average molecular weight is 334 g/mol. The maximum absolute atomic E-state index is 12.3. The Morgan fingerprint density at radius 3 is 2.58 bits per heavy atom. The number of carbonyl (C=O) groups is 3. The summed E-state index contributed by atoms with van der Waals surface area (Å²) in [4.78, 5) is 38.0. The summed E-state index contributed by atoms with van der Waals surface area (Å²) < 4.78 is 14.5. The summed E-state index contributed by atoms with van der Waals surface area (Å²) in [6.45, 7) is -0.425. The summed E-state index contributed by atoms with van der Waals surface area (Å²) >= 11 is 0. The molecular formula is C16H18N2O6. The van der Waals surface area contributed by atoms with E-state index in [2.05, 4.69) is 15.0 Å². The monoisotopic (exact) mass is 334 g/mol. The molecule has 24 heavy (non-hydrogen) atoms. The first-order valence-electron chi connectivity index (χ1n) is 7.14. The summed E-state index contributed by atoms with van der Waals surface area (Å²) in [7, 11) is 2.79. The van der Waals surface area contributed by atoms with E-state index in [4.69, 9.17) is 9.47 Å². The van der Waals surface area contributed by atoms with Crippen molar-refractivity contribution in [2.24, 2.45) is 0 Å². The Balaban J connectivity index is 2.14. The van der Waals surface area contributed by atoms with E-state index in [9.17, 15) is 14.4 Å². The summed E-state index contributed by atoms with van der Waals surface area (Å²) in [5.74, 6) is -0.875. The van der Waals surface area contributed by atoms with Gasteiger partial charge in [0.25, 0.3) is 0 Å². The zero-order chi connectivity index (χ0) is 17.5. The molecule has 1 amide bonds. The van der Waals surface area contributed by atoms with Crippen LogP contribution in [0.4, 0.5) is 0 Å². The molecule has 8 nitrogen and oxygen atoms in total. The number of rotatable bonds is 8. The maximum Gasteiger partial charge on any atom is 0.337 e. The van der Waals surface area contributed by atoms with Crippen molar-refractivity contribution in [3.8, 4) is 5.75 Å². The third-order valence-corrected chi connectivity index (χ3v) is 3.17. The van der Waals surface area contributed by atoms with Crippen LogP contribution in [0, 0.1) is 0 Å². The number of hydrogen-bond acceptors (Lipinski definition) is 6. The molecule has 0 aliphatic carbocycles. The Bertz CT molecular complexity index is 752. The van der Waals surface area contributed by atoms with Crippen LogP contribution in [-0.2, 0) is 19.1 Å². The highest BCUT2D eigenvalue weighted by Gasteiger charge is 2.14. The van der Waals surface area contributed by atoms with Gasteiger partial charge < -0.3 is 24.5 Å². The maximum atomic E-state index is 12.3. The fourth-order valence-electron chi connectivity index (χ4n) is 2.13. The van der Waals surface area contributed by atoms with Crippen molar-refractivity contribution in [1.82, 2.24) is 10.3 Å². The number of fused-ring (bicyclic) bond motifs is 1. The van der Waals surface area contributed by atoms with Crippen LogP contribution in [0.2, 0.25) is 0 Å². The molecule has 0 spiro atoms. The lowest BCUT2D eigenvalue weighted by Gasteiger charge is -2.05. The molecule has 0 unspecified atom stereocenters. The molecule has 0 saturated heterocycles. The van der Waals surface area contributed by atoms with E-state index in [0.29, 0.717) is 22.2 Å². The van der Waals surface area contributed by atoms with Gasteiger partial charge in [0.2, 0.25) is 5.91 Å². The van der Waals surface area contributed by atoms with Gasteiger partial charge in [-0.2, -0.15) is 0 Å². The molecule has 0 radical (unpaired) electrons. The highest BCUT2D eigenvalue weighted by molar-refractivity contribution is 6.09.